The molecule has 1 atom stereocenters. The van der Waals surface area contributed by atoms with Crippen LogP contribution in [0.25, 0.3) is 0 Å². The van der Waals surface area contributed by atoms with Crippen LogP contribution in [0.1, 0.15) is 51.9 Å². The van der Waals surface area contributed by atoms with Crippen LogP contribution in [0.5, 0.6) is 5.75 Å². The molecule has 1 N–H and O–H groups in total. The largest absolute Gasteiger partial charge is 0.478 e. The first-order chi connectivity index (χ1) is 14.9. The smallest absolute Gasteiger partial charge is 0.265 e. The SMILES string of the molecule is CCC1Oc2ccc(S(=O)(=O)N3CCN(C(=O)CCC4CCCC4)CC3)cc2NC1=O. The van der Waals surface area contributed by atoms with Crippen molar-refractivity contribution in [2.75, 3.05) is 31.5 Å². The van der Waals surface area contributed by atoms with Crippen molar-refractivity contribution in [2.24, 2.45) is 5.92 Å². The first-order valence-corrected chi connectivity index (χ1v) is 12.7. The summed E-state index contributed by atoms with van der Waals surface area (Å²) in [6.07, 6.45) is 6.47. The molecule has 2 fully saturated rings. The standard InChI is InChI=1S/C22H31N3O5S/c1-2-19-22(27)23-18-15-17(8-9-20(18)30-19)31(28,29)25-13-11-24(12-14-25)21(26)10-7-16-5-3-4-6-16/h8-9,15-16,19H,2-7,10-14H2,1H3,(H,23,27). The van der Waals surface area contributed by atoms with Gasteiger partial charge in [-0.15, -0.1) is 0 Å². The number of ether oxygens (including phenoxy) is 1. The molecule has 0 radical (unpaired) electrons. The van der Waals surface area contributed by atoms with Crippen LogP contribution in [0.2, 0.25) is 0 Å². The lowest BCUT2D eigenvalue weighted by molar-refractivity contribution is -0.132. The van der Waals surface area contributed by atoms with E-state index in [1.54, 1.807) is 11.0 Å². The third kappa shape index (κ3) is 4.72. The summed E-state index contributed by atoms with van der Waals surface area (Å²) in [6.45, 7) is 3.22. The Morgan fingerprint density at radius 1 is 1.16 bits per heavy atom. The predicted molar refractivity (Wildman–Crippen MR) is 116 cm³/mol. The highest BCUT2D eigenvalue weighted by atomic mass is 32.2. The number of amides is 2. The molecule has 2 amide bonds. The van der Waals surface area contributed by atoms with E-state index in [0.29, 0.717) is 43.3 Å². The second-order valence-corrected chi connectivity index (χ2v) is 10.6. The van der Waals surface area contributed by atoms with E-state index in [1.807, 2.05) is 6.92 Å². The molecule has 3 aliphatic rings. The maximum atomic E-state index is 13.1. The van der Waals surface area contributed by atoms with Crippen LogP contribution in [0.15, 0.2) is 23.1 Å². The summed E-state index contributed by atoms with van der Waals surface area (Å²) in [4.78, 5) is 26.5. The number of hydrogen-bond acceptors (Lipinski definition) is 5. The van der Waals surface area contributed by atoms with Gasteiger partial charge in [-0.3, -0.25) is 9.59 Å². The van der Waals surface area contributed by atoms with E-state index in [-0.39, 0.29) is 29.8 Å². The number of anilines is 1. The van der Waals surface area contributed by atoms with Gasteiger partial charge >= 0.3 is 0 Å². The highest BCUT2D eigenvalue weighted by molar-refractivity contribution is 7.89. The van der Waals surface area contributed by atoms with Gasteiger partial charge in [-0.1, -0.05) is 32.6 Å². The fraction of sp³-hybridized carbons (Fsp3) is 0.636. The normalized spacial score (nSPS) is 22.7. The second-order valence-electron chi connectivity index (χ2n) is 8.64. The van der Waals surface area contributed by atoms with Gasteiger partial charge in [-0.05, 0) is 37.0 Å². The van der Waals surface area contributed by atoms with Gasteiger partial charge in [0, 0.05) is 32.6 Å². The Balaban J connectivity index is 1.36. The first kappa shape index (κ1) is 22.1. The van der Waals surface area contributed by atoms with Crippen molar-refractivity contribution >= 4 is 27.5 Å². The lowest BCUT2D eigenvalue weighted by atomic mass is 10.0. The van der Waals surface area contributed by atoms with Crippen molar-refractivity contribution in [3.05, 3.63) is 18.2 Å². The van der Waals surface area contributed by atoms with Crippen LogP contribution in [0.4, 0.5) is 5.69 Å². The topological polar surface area (TPSA) is 96.0 Å². The van der Waals surface area contributed by atoms with E-state index in [9.17, 15) is 18.0 Å². The van der Waals surface area contributed by atoms with E-state index in [2.05, 4.69) is 5.32 Å². The van der Waals surface area contributed by atoms with Gasteiger partial charge in [0.2, 0.25) is 15.9 Å². The average molecular weight is 450 g/mol. The summed E-state index contributed by atoms with van der Waals surface area (Å²) in [5.41, 5.74) is 0.372. The zero-order chi connectivity index (χ0) is 22.0. The molecule has 9 heteroatoms. The minimum Gasteiger partial charge on any atom is -0.478 e. The van der Waals surface area contributed by atoms with Crippen molar-refractivity contribution < 1.29 is 22.7 Å². The maximum absolute atomic E-state index is 13.1. The summed E-state index contributed by atoms with van der Waals surface area (Å²) >= 11 is 0. The zero-order valence-corrected chi connectivity index (χ0v) is 18.8. The Labute approximate surface area is 184 Å². The zero-order valence-electron chi connectivity index (χ0n) is 18.0. The molecular formula is C22H31N3O5S. The molecule has 0 bridgehead atoms. The van der Waals surface area contributed by atoms with Crippen molar-refractivity contribution in [3.8, 4) is 5.75 Å². The van der Waals surface area contributed by atoms with Gasteiger partial charge in [0.15, 0.2) is 6.10 Å². The van der Waals surface area contributed by atoms with E-state index in [4.69, 9.17) is 4.74 Å². The van der Waals surface area contributed by atoms with Crippen LogP contribution < -0.4 is 10.1 Å². The second kappa shape index (κ2) is 9.16. The van der Waals surface area contributed by atoms with Crippen LogP contribution in [-0.2, 0) is 19.6 Å². The number of sulfonamides is 1. The molecule has 1 aromatic rings. The number of piperazine rings is 1. The Hall–Kier alpha value is -2.13. The van der Waals surface area contributed by atoms with Gasteiger partial charge < -0.3 is 15.0 Å². The Morgan fingerprint density at radius 3 is 2.55 bits per heavy atom. The maximum Gasteiger partial charge on any atom is 0.265 e. The first-order valence-electron chi connectivity index (χ1n) is 11.3. The number of nitrogens with zero attached hydrogens (tertiary/aromatic N) is 2. The van der Waals surface area contributed by atoms with E-state index in [1.165, 1.54) is 42.1 Å². The minimum atomic E-state index is -3.72. The Morgan fingerprint density at radius 2 is 1.87 bits per heavy atom. The van der Waals surface area contributed by atoms with Crippen molar-refractivity contribution in [2.45, 2.75) is 62.9 Å². The third-order valence-corrected chi connectivity index (χ3v) is 8.51. The van der Waals surface area contributed by atoms with E-state index >= 15 is 0 Å². The molecule has 0 aromatic heterocycles. The number of carbonyl (C=O) groups excluding carboxylic acids is 2. The van der Waals surface area contributed by atoms with Crippen LogP contribution in [-0.4, -0.2) is 61.7 Å². The molecule has 1 unspecified atom stereocenters. The number of rotatable bonds is 6. The van der Waals surface area contributed by atoms with Crippen LogP contribution in [0.3, 0.4) is 0 Å². The highest BCUT2D eigenvalue weighted by Gasteiger charge is 2.32. The molecule has 31 heavy (non-hydrogen) atoms. The fourth-order valence-electron chi connectivity index (χ4n) is 4.67. The number of fused-ring (bicyclic) bond motifs is 1. The summed E-state index contributed by atoms with van der Waals surface area (Å²) in [5.74, 6) is 1.01. The van der Waals surface area contributed by atoms with E-state index < -0.39 is 16.1 Å². The average Bonchev–Trinajstić information content (AvgIpc) is 3.30. The van der Waals surface area contributed by atoms with Crippen molar-refractivity contribution in [1.82, 2.24) is 9.21 Å². The summed E-state index contributed by atoms with van der Waals surface area (Å²) in [7, 11) is -3.72. The van der Waals surface area contributed by atoms with Gasteiger partial charge in [-0.2, -0.15) is 4.31 Å². The molecule has 1 saturated heterocycles. The number of benzene rings is 1. The summed E-state index contributed by atoms with van der Waals surface area (Å²) in [6, 6.07) is 4.55. The van der Waals surface area contributed by atoms with E-state index in [0.717, 1.165) is 6.42 Å². The quantitative estimate of drug-likeness (QED) is 0.720. The monoisotopic (exact) mass is 449 g/mol. The van der Waals surface area contributed by atoms with Gasteiger partial charge in [0.1, 0.15) is 5.75 Å². The number of hydrogen-bond donors (Lipinski definition) is 1. The molecule has 2 aliphatic heterocycles. The van der Waals surface area contributed by atoms with Crippen LogP contribution in [0, 0.1) is 5.92 Å². The van der Waals surface area contributed by atoms with Crippen LogP contribution >= 0.6 is 0 Å². The minimum absolute atomic E-state index is 0.117. The third-order valence-electron chi connectivity index (χ3n) is 6.61. The molecule has 170 valence electrons. The lowest BCUT2D eigenvalue weighted by Crippen LogP contribution is -2.50. The summed E-state index contributed by atoms with van der Waals surface area (Å²) < 4.78 is 33.3. The number of nitrogens with one attached hydrogen (secondary N) is 1. The van der Waals surface area contributed by atoms with Gasteiger partial charge in [0.25, 0.3) is 5.91 Å². The predicted octanol–water partition coefficient (Wildman–Crippen LogP) is 2.60. The Kier molecular flexibility index (Phi) is 6.52. The van der Waals surface area contributed by atoms with Crippen molar-refractivity contribution in [3.63, 3.8) is 0 Å². The molecule has 8 nitrogen and oxygen atoms in total. The molecule has 1 saturated carbocycles. The highest BCUT2D eigenvalue weighted by Crippen LogP contribution is 2.33. The molecule has 4 rings (SSSR count). The molecular weight excluding hydrogens is 418 g/mol. The molecule has 1 aromatic carbocycles. The van der Waals surface area contributed by atoms with Gasteiger partial charge in [-0.25, -0.2) is 8.42 Å². The number of carbonyl (C=O) groups is 2. The van der Waals surface area contributed by atoms with Gasteiger partial charge in [0.05, 0.1) is 10.6 Å². The summed E-state index contributed by atoms with van der Waals surface area (Å²) in [5, 5.41) is 2.74. The lowest BCUT2D eigenvalue weighted by Gasteiger charge is -2.34. The van der Waals surface area contributed by atoms with Crippen molar-refractivity contribution in [1.29, 1.82) is 0 Å². The molecule has 2 heterocycles. The fourth-order valence-corrected chi connectivity index (χ4v) is 6.12. The molecule has 1 aliphatic carbocycles. The Bertz CT molecular complexity index is 934. The molecule has 0 spiro atoms.